The van der Waals surface area contributed by atoms with Gasteiger partial charge in [-0.25, -0.2) is 0 Å². The van der Waals surface area contributed by atoms with E-state index < -0.39 is 47.7 Å². The van der Waals surface area contributed by atoms with Crippen molar-refractivity contribution in [2.24, 2.45) is 11.8 Å². The molecule has 2 fully saturated rings. The fourth-order valence-corrected chi connectivity index (χ4v) is 8.89. The van der Waals surface area contributed by atoms with Crippen LogP contribution in [0.5, 0.6) is 0 Å². The molecular formula is C39H46BrN3O8. The molecule has 4 aliphatic rings. The molecule has 6 rings (SSSR count). The zero-order valence-corrected chi connectivity index (χ0v) is 30.8. The SMILES string of the molecule is COC[C@@H]1NC(=O)CC/C=C\CN(c2c(C)cccc2C)C(=O)[C@H]2N(CCCCCO)C(=O)[C@@H]3[C@@H](C(=O)O[C@H]1c1ccccc1)[C@@H]1O[C@@]32C=C1Br. The summed E-state index contributed by atoms with van der Waals surface area (Å²) in [6, 6.07) is 13.2. The molecule has 3 amide bonds. The number of benzene rings is 2. The number of aliphatic hydroxyl groups excluding tert-OH is 1. The lowest BCUT2D eigenvalue weighted by atomic mass is 9.74. The van der Waals surface area contributed by atoms with Crippen LogP contribution in [-0.2, 0) is 33.4 Å². The smallest absolute Gasteiger partial charge is 0.313 e. The minimum absolute atomic E-state index is 0.0248. The highest BCUT2D eigenvalue weighted by atomic mass is 79.9. The van der Waals surface area contributed by atoms with Crippen LogP contribution in [0.15, 0.2) is 71.2 Å². The number of aryl methyl sites for hydroxylation is 2. The first-order chi connectivity index (χ1) is 24.6. The number of cyclic esters (lactones) is 1. The molecule has 2 N–H and O–H groups in total. The molecule has 51 heavy (non-hydrogen) atoms. The van der Waals surface area contributed by atoms with Gasteiger partial charge in [0.25, 0.3) is 5.91 Å². The third-order valence-corrected chi connectivity index (χ3v) is 11.1. The second kappa shape index (κ2) is 15.8. The Morgan fingerprint density at radius 2 is 1.71 bits per heavy atom. The second-order valence-corrected chi connectivity index (χ2v) is 14.7. The van der Waals surface area contributed by atoms with Gasteiger partial charge in [-0.1, -0.05) is 76.6 Å². The number of halogens is 1. The molecule has 4 heterocycles. The molecule has 12 heteroatoms. The number of para-hydroxylation sites is 1. The lowest BCUT2D eigenvalue weighted by Crippen LogP contribution is -2.56. The average molecular weight is 765 g/mol. The van der Waals surface area contributed by atoms with Gasteiger partial charge in [-0.3, -0.25) is 19.2 Å². The van der Waals surface area contributed by atoms with Crippen LogP contribution >= 0.6 is 15.9 Å². The van der Waals surface area contributed by atoms with E-state index in [2.05, 4.69) is 21.2 Å². The molecule has 5 bridgehead atoms. The Kier molecular flexibility index (Phi) is 11.5. The van der Waals surface area contributed by atoms with E-state index in [0.717, 1.165) is 16.8 Å². The zero-order valence-electron chi connectivity index (χ0n) is 29.3. The fraction of sp³-hybridized carbons (Fsp3) is 0.487. The van der Waals surface area contributed by atoms with Crippen molar-refractivity contribution < 1.29 is 38.5 Å². The first-order valence-corrected chi connectivity index (χ1v) is 18.5. The van der Waals surface area contributed by atoms with E-state index >= 15 is 4.79 Å². The summed E-state index contributed by atoms with van der Waals surface area (Å²) in [6.07, 6.45) is 6.12. The summed E-state index contributed by atoms with van der Waals surface area (Å²) in [4.78, 5) is 61.0. The van der Waals surface area contributed by atoms with Crippen LogP contribution in [-0.4, -0.2) is 90.9 Å². The van der Waals surface area contributed by atoms with E-state index in [9.17, 15) is 19.5 Å². The Morgan fingerprint density at radius 3 is 2.41 bits per heavy atom. The van der Waals surface area contributed by atoms with E-state index in [1.807, 2.05) is 74.5 Å². The van der Waals surface area contributed by atoms with Gasteiger partial charge in [0.15, 0.2) is 0 Å². The summed E-state index contributed by atoms with van der Waals surface area (Å²) in [5.41, 5.74) is 1.73. The molecule has 0 aromatic heterocycles. The second-order valence-electron chi connectivity index (χ2n) is 13.7. The molecular weight excluding hydrogens is 718 g/mol. The molecule has 4 aliphatic heterocycles. The maximum atomic E-state index is 15.2. The van der Waals surface area contributed by atoms with Crippen LogP contribution in [0.2, 0.25) is 0 Å². The first kappa shape index (κ1) is 36.9. The van der Waals surface area contributed by atoms with Gasteiger partial charge in [0, 0.05) is 43.4 Å². The number of ether oxygens (including phenoxy) is 3. The predicted molar refractivity (Wildman–Crippen MR) is 194 cm³/mol. The van der Waals surface area contributed by atoms with Crippen molar-refractivity contribution in [3.05, 3.63) is 87.9 Å². The topological polar surface area (TPSA) is 135 Å². The number of carbonyl (C=O) groups is 4. The zero-order chi connectivity index (χ0) is 36.3. The molecule has 2 saturated heterocycles. The highest BCUT2D eigenvalue weighted by Crippen LogP contribution is 2.59. The molecule has 11 nitrogen and oxygen atoms in total. The predicted octanol–water partition coefficient (Wildman–Crippen LogP) is 4.44. The normalized spacial score (nSPS) is 30.3. The van der Waals surface area contributed by atoms with Crippen LogP contribution < -0.4 is 10.2 Å². The third-order valence-electron chi connectivity index (χ3n) is 10.4. The van der Waals surface area contributed by atoms with Crippen LogP contribution in [0.3, 0.4) is 0 Å². The number of anilines is 1. The van der Waals surface area contributed by atoms with Gasteiger partial charge >= 0.3 is 5.97 Å². The number of nitrogens with zero attached hydrogens (tertiary/aromatic N) is 2. The standard InChI is InChI=1S/C39H46BrN3O8/c1-24-14-13-15-25(2)32(24)42-19-10-5-9-18-29(45)41-28(23-49-3)33(26-16-7-4-8-17-26)50-38(48)30-31-36(46)43(20-11-6-12-21-44)35(37(42)47)39(31)22-27(40)34(30)51-39/h4-5,7-8,10,13-17,22,28,30-31,33-35,44H,6,9,11-12,18-21,23H2,1-3H3,(H,41,45)/b10-5-/t28-,30+,31-,33-,34+,35+,39-/m0/s1. The highest BCUT2D eigenvalue weighted by Gasteiger charge is 2.75. The fourth-order valence-electron chi connectivity index (χ4n) is 8.15. The number of hydrogen-bond donors (Lipinski definition) is 2. The molecule has 0 aliphatic carbocycles. The van der Waals surface area contributed by atoms with Crippen molar-refractivity contribution in [3.8, 4) is 0 Å². The van der Waals surface area contributed by atoms with Crippen LogP contribution in [0, 0.1) is 25.7 Å². The van der Waals surface area contributed by atoms with Crippen molar-refractivity contribution in [1.29, 1.82) is 0 Å². The molecule has 2 aromatic carbocycles. The number of likely N-dealkylation sites (tertiary alicyclic amines) is 1. The van der Waals surface area contributed by atoms with Crippen LogP contribution in [0.25, 0.3) is 0 Å². The number of rotatable bonds is 9. The number of allylic oxidation sites excluding steroid dienone is 1. The van der Waals surface area contributed by atoms with Gasteiger partial charge in [-0.05, 0) is 62.3 Å². The third kappa shape index (κ3) is 7.03. The van der Waals surface area contributed by atoms with Crippen molar-refractivity contribution in [2.75, 3.05) is 38.3 Å². The van der Waals surface area contributed by atoms with E-state index in [0.29, 0.717) is 35.7 Å². The lowest BCUT2D eigenvalue weighted by molar-refractivity contribution is -0.162. The molecule has 0 saturated carbocycles. The van der Waals surface area contributed by atoms with Crippen molar-refractivity contribution in [3.63, 3.8) is 0 Å². The van der Waals surface area contributed by atoms with Gasteiger partial charge in [-0.2, -0.15) is 0 Å². The number of hydrogen-bond acceptors (Lipinski definition) is 8. The van der Waals surface area contributed by atoms with E-state index in [4.69, 9.17) is 14.2 Å². The summed E-state index contributed by atoms with van der Waals surface area (Å²) < 4.78 is 19.1. The summed E-state index contributed by atoms with van der Waals surface area (Å²) in [5, 5.41) is 12.5. The number of methoxy groups -OCH3 is 1. The Balaban J connectivity index is 1.48. The monoisotopic (exact) mass is 763 g/mol. The quantitative estimate of drug-likeness (QED) is 0.218. The Morgan fingerprint density at radius 1 is 0.961 bits per heavy atom. The highest BCUT2D eigenvalue weighted by molar-refractivity contribution is 9.11. The van der Waals surface area contributed by atoms with E-state index in [1.54, 1.807) is 15.9 Å². The van der Waals surface area contributed by atoms with Gasteiger partial charge in [0.05, 0.1) is 18.6 Å². The molecule has 1 spiro atoms. The summed E-state index contributed by atoms with van der Waals surface area (Å²) in [6.45, 7) is 4.42. The summed E-state index contributed by atoms with van der Waals surface area (Å²) >= 11 is 3.64. The van der Waals surface area contributed by atoms with Crippen molar-refractivity contribution >= 4 is 45.3 Å². The van der Waals surface area contributed by atoms with Crippen LogP contribution in [0.4, 0.5) is 5.69 Å². The molecule has 0 radical (unpaired) electrons. The minimum atomic E-state index is -1.44. The number of unbranched alkanes of at least 4 members (excludes halogenated alkanes) is 2. The maximum Gasteiger partial charge on any atom is 0.313 e. The van der Waals surface area contributed by atoms with E-state index in [1.165, 1.54) is 7.11 Å². The maximum absolute atomic E-state index is 15.2. The van der Waals surface area contributed by atoms with Gasteiger partial charge < -0.3 is 34.4 Å². The van der Waals surface area contributed by atoms with Gasteiger partial charge in [0.2, 0.25) is 11.8 Å². The molecule has 7 atom stereocenters. The summed E-state index contributed by atoms with van der Waals surface area (Å²) in [7, 11) is 1.52. The summed E-state index contributed by atoms with van der Waals surface area (Å²) in [5.74, 6) is -3.69. The Labute approximate surface area is 307 Å². The molecule has 2 aromatic rings. The van der Waals surface area contributed by atoms with Gasteiger partial charge in [-0.15, -0.1) is 0 Å². The Bertz CT molecular complexity index is 1680. The number of nitrogens with one attached hydrogen (secondary N) is 1. The van der Waals surface area contributed by atoms with Crippen LogP contribution in [0.1, 0.15) is 54.9 Å². The molecule has 0 unspecified atom stereocenters. The number of aliphatic hydroxyl groups is 1. The number of carbonyl (C=O) groups excluding carboxylic acids is 4. The number of amides is 3. The van der Waals surface area contributed by atoms with Crippen molar-refractivity contribution in [1.82, 2.24) is 10.2 Å². The van der Waals surface area contributed by atoms with E-state index in [-0.39, 0.29) is 50.4 Å². The largest absolute Gasteiger partial charge is 0.455 e. The average Bonchev–Trinajstić information content (AvgIpc) is 3.70. The number of fused-ring (bicyclic) bond motifs is 2. The molecule has 272 valence electrons. The lowest BCUT2D eigenvalue weighted by Gasteiger charge is -2.36. The number of esters is 1. The van der Waals surface area contributed by atoms with Gasteiger partial charge in [0.1, 0.15) is 29.8 Å². The first-order valence-electron chi connectivity index (χ1n) is 17.7. The van der Waals surface area contributed by atoms with Crippen molar-refractivity contribution in [2.45, 2.75) is 75.8 Å². The minimum Gasteiger partial charge on any atom is -0.455 e. The Hall–Kier alpha value is -3.84.